The zero-order valence-electron chi connectivity index (χ0n) is 26.9. The summed E-state index contributed by atoms with van der Waals surface area (Å²) < 4.78 is 12.5. The van der Waals surface area contributed by atoms with Crippen molar-refractivity contribution in [3.8, 4) is 22.3 Å². The molecule has 6 aromatic carbocycles. The second-order valence-electron chi connectivity index (χ2n) is 13.3. The molecule has 8 rings (SSSR count). The maximum atomic E-state index is 13.1. The van der Waals surface area contributed by atoms with E-state index >= 15 is 0 Å². The molecule has 6 aromatic rings. The van der Waals surface area contributed by atoms with Gasteiger partial charge in [0.05, 0.1) is 11.8 Å². The lowest BCUT2D eigenvalue weighted by Gasteiger charge is -2.32. The van der Waals surface area contributed by atoms with Crippen molar-refractivity contribution in [1.29, 1.82) is 0 Å². The Morgan fingerprint density at radius 2 is 1.04 bits per heavy atom. The zero-order valence-corrected chi connectivity index (χ0v) is 26.9. The highest BCUT2D eigenvalue weighted by molar-refractivity contribution is 6.28. The fourth-order valence-corrected chi connectivity index (χ4v) is 7.67. The first-order chi connectivity index (χ1) is 22.4. The highest BCUT2D eigenvalue weighted by Crippen LogP contribution is 2.52. The number of esters is 2. The van der Waals surface area contributed by atoms with Gasteiger partial charge in [0.25, 0.3) is 0 Å². The van der Waals surface area contributed by atoms with Gasteiger partial charge in [-0.15, -0.1) is 0 Å². The molecule has 0 aromatic heterocycles. The van der Waals surface area contributed by atoms with Crippen molar-refractivity contribution in [2.24, 2.45) is 11.8 Å². The first kappa shape index (κ1) is 28.8. The minimum absolute atomic E-state index is 0.142. The van der Waals surface area contributed by atoms with Crippen LogP contribution in [0.5, 0.6) is 0 Å². The molecule has 0 heterocycles. The van der Waals surface area contributed by atoms with Gasteiger partial charge in [-0.1, -0.05) is 100 Å². The normalized spacial score (nSPS) is 18.0. The molecule has 0 spiro atoms. The molecule has 0 fully saturated rings. The second kappa shape index (κ2) is 11.0. The number of hydrogen-bond donors (Lipinski definition) is 0. The summed E-state index contributed by atoms with van der Waals surface area (Å²) in [6.45, 7) is 7.93. The molecule has 0 saturated carbocycles. The van der Waals surface area contributed by atoms with Crippen molar-refractivity contribution in [2.45, 2.75) is 65.6 Å². The fourth-order valence-electron chi connectivity index (χ4n) is 7.67. The second-order valence-corrected chi connectivity index (χ2v) is 13.3. The van der Waals surface area contributed by atoms with Gasteiger partial charge in [-0.05, 0) is 90.7 Å². The lowest BCUT2D eigenvalue weighted by Crippen LogP contribution is -2.22. The molecule has 0 saturated heterocycles. The largest absolute Gasteiger partial charge is 0.457 e. The Hall–Kier alpha value is -4.70. The summed E-state index contributed by atoms with van der Waals surface area (Å²) in [7, 11) is 0. The van der Waals surface area contributed by atoms with E-state index in [4.69, 9.17) is 9.47 Å². The summed E-state index contributed by atoms with van der Waals surface area (Å²) in [5, 5.41) is 7.06. The fraction of sp³-hybridized carbons (Fsp3) is 0.286. The number of fused-ring (bicyclic) bond motifs is 8. The molecular weight excluding hydrogens is 568 g/mol. The highest BCUT2D eigenvalue weighted by atomic mass is 16.5. The number of rotatable bonds is 6. The molecule has 0 aliphatic heterocycles. The molecule has 4 nitrogen and oxygen atoms in total. The molecule has 46 heavy (non-hydrogen) atoms. The highest BCUT2D eigenvalue weighted by Gasteiger charge is 2.34. The Bertz CT molecular complexity index is 2020. The van der Waals surface area contributed by atoms with Crippen LogP contribution in [0.3, 0.4) is 0 Å². The molecule has 2 aliphatic carbocycles. The Balaban J connectivity index is 1.39. The molecule has 230 valence electrons. The van der Waals surface area contributed by atoms with Gasteiger partial charge in [-0.25, -0.2) is 0 Å². The van der Waals surface area contributed by atoms with Crippen molar-refractivity contribution in [2.75, 3.05) is 0 Å². The van der Waals surface area contributed by atoms with Gasteiger partial charge in [-0.2, -0.15) is 0 Å². The van der Waals surface area contributed by atoms with Gasteiger partial charge in [-0.3, -0.25) is 9.59 Å². The third kappa shape index (κ3) is 4.34. The maximum Gasteiger partial charge on any atom is 0.309 e. The summed E-state index contributed by atoms with van der Waals surface area (Å²) in [6, 6.07) is 30.5. The van der Waals surface area contributed by atoms with Crippen LogP contribution in [0, 0.1) is 11.8 Å². The summed E-state index contributed by atoms with van der Waals surface area (Å²) in [6.07, 6.45) is 2.16. The minimum atomic E-state index is -0.339. The van der Waals surface area contributed by atoms with Gasteiger partial charge < -0.3 is 9.47 Å². The third-order valence-electron chi connectivity index (χ3n) is 10.6. The monoisotopic (exact) mass is 606 g/mol. The van der Waals surface area contributed by atoms with Crippen molar-refractivity contribution in [1.82, 2.24) is 0 Å². The van der Waals surface area contributed by atoms with E-state index in [9.17, 15) is 9.59 Å². The van der Waals surface area contributed by atoms with E-state index in [1.165, 1.54) is 43.8 Å². The number of ether oxygens (including phenoxy) is 2. The lowest BCUT2D eigenvalue weighted by molar-refractivity contribution is -0.154. The van der Waals surface area contributed by atoms with Crippen LogP contribution in [0.1, 0.15) is 75.0 Å². The number of carbonyl (C=O) groups excluding carboxylic acids is 2. The van der Waals surface area contributed by atoms with Crippen LogP contribution in [-0.2, 0) is 31.9 Å². The molecule has 0 bridgehead atoms. The van der Waals surface area contributed by atoms with Crippen molar-refractivity contribution in [3.63, 3.8) is 0 Å². The summed E-state index contributed by atoms with van der Waals surface area (Å²) in [5.74, 6) is -0.574. The van der Waals surface area contributed by atoms with E-state index in [2.05, 4.69) is 84.9 Å². The van der Waals surface area contributed by atoms with Gasteiger partial charge in [0.15, 0.2) is 0 Å². The predicted octanol–water partition coefficient (Wildman–Crippen LogP) is 10.3. The van der Waals surface area contributed by atoms with Crippen LogP contribution >= 0.6 is 0 Å². The quantitative estimate of drug-likeness (QED) is 0.140. The van der Waals surface area contributed by atoms with Crippen LogP contribution in [0.2, 0.25) is 0 Å². The Morgan fingerprint density at radius 3 is 1.46 bits per heavy atom. The molecular formula is C42H38O4. The summed E-state index contributed by atoms with van der Waals surface area (Å²) in [5.41, 5.74) is 9.27. The van der Waals surface area contributed by atoms with Gasteiger partial charge in [0, 0.05) is 24.0 Å². The van der Waals surface area contributed by atoms with Crippen LogP contribution < -0.4 is 0 Å². The topological polar surface area (TPSA) is 52.6 Å². The summed E-state index contributed by atoms with van der Waals surface area (Å²) >= 11 is 0. The SMILES string of the molecule is CCC(C)C(=O)OC1Cc2ccccc2-c2c1cc1ccc3c4c(cc5ccc2c1c53)C(OC(=O)C(C)CC)Cc1ccccc1-4. The van der Waals surface area contributed by atoms with E-state index in [0.29, 0.717) is 12.8 Å². The van der Waals surface area contributed by atoms with Crippen LogP contribution in [0.4, 0.5) is 0 Å². The van der Waals surface area contributed by atoms with E-state index in [0.717, 1.165) is 45.9 Å². The van der Waals surface area contributed by atoms with Gasteiger partial charge in [0.2, 0.25) is 0 Å². The van der Waals surface area contributed by atoms with Crippen LogP contribution in [-0.4, -0.2) is 11.9 Å². The van der Waals surface area contributed by atoms with E-state index in [-0.39, 0.29) is 36.0 Å². The van der Waals surface area contributed by atoms with Gasteiger partial charge >= 0.3 is 11.9 Å². The van der Waals surface area contributed by atoms with E-state index in [1.54, 1.807) is 0 Å². The molecule has 4 unspecified atom stereocenters. The molecule has 4 atom stereocenters. The van der Waals surface area contributed by atoms with Crippen molar-refractivity contribution in [3.05, 3.63) is 107 Å². The number of hydrogen-bond acceptors (Lipinski definition) is 4. The predicted molar refractivity (Wildman–Crippen MR) is 185 cm³/mol. The first-order valence-electron chi connectivity index (χ1n) is 16.7. The van der Waals surface area contributed by atoms with Crippen LogP contribution in [0.25, 0.3) is 54.6 Å². The number of carbonyl (C=O) groups is 2. The Kier molecular flexibility index (Phi) is 6.86. The minimum Gasteiger partial charge on any atom is -0.457 e. The van der Waals surface area contributed by atoms with Crippen molar-refractivity contribution < 1.29 is 19.1 Å². The molecule has 0 N–H and O–H groups in total. The molecule has 0 amide bonds. The number of benzene rings is 6. The lowest BCUT2D eigenvalue weighted by atomic mass is 9.76. The first-order valence-corrected chi connectivity index (χ1v) is 16.7. The maximum absolute atomic E-state index is 13.1. The molecule has 0 radical (unpaired) electrons. The Morgan fingerprint density at radius 1 is 0.630 bits per heavy atom. The summed E-state index contributed by atoms with van der Waals surface area (Å²) in [4.78, 5) is 26.2. The average Bonchev–Trinajstić information content (AvgIpc) is 3.09. The van der Waals surface area contributed by atoms with Gasteiger partial charge in [0.1, 0.15) is 12.2 Å². The Labute approximate surface area is 269 Å². The molecule has 2 aliphatic rings. The smallest absolute Gasteiger partial charge is 0.309 e. The zero-order chi connectivity index (χ0) is 31.7. The van der Waals surface area contributed by atoms with Crippen molar-refractivity contribution >= 4 is 44.3 Å². The average molecular weight is 607 g/mol. The molecule has 4 heteroatoms. The standard InChI is InChI=1S/C42H38O4/c1-5-23(3)41(43)45-35-21-25-11-7-9-13-29(25)39-31-17-16-28-20-34-36(46-42(44)24(4)6-2)22-26-12-8-10-14-30(26)40(34)32-18-15-27(19-33(35)39)37(31)38(28)32/h7-20,23-24,35-36H,5-6,21-22H2,1-4H3. The van der Waals surface area contributed by atoms with E-state index in [1.807, 2.05) is 27.7 Å². The third-order valence-corrected chi connectivity index (χ3v) is 10.6. The van der Waals surface area contributed by atoms with Crippen LogP contribution in [0.15, 0.2) is 84.9 Å². The van der Waals surface area contributed by atoms with E-state index < -0.39 is 0 Å².